The molecule has 0 atom stereocenters. The van der Waals surface area contributed by atoms with Crippen molar-refractivity contribution in [3.63, 3.8) is 0 Å². The van der Waals surface area contributed by atoms with Crippen molar-refractivity contribution in [1.29, 1.82) is 0 Å². The Morgan fingerprint density at radius 3 is 2.67 bits per heavy atom. The van der Waals surface area contributed by atoms with Crippen molar-refractivity contribution < 1.29 is 9.18 Å². The van der Waals surface area contributed by atoms with E-state index in [1.54, 1.807) is 23.0 Å². The number of benzene rings is 2. The largest absolute Gasteiger partial charge is 0.348 e. The molecule has 0 unspecified atom stereocenters. The zero-order valence-electron chi connectivity index (χ0n) is 13.6. The third-order valence-corrected chi connectivity index (χ3v) is 3.88. The van der Waals surface area contributed by atoms with Crippen LogP contribution in [0.15, 0.2) is 54.9 Å². The maximum absolute atomic E-state index is 13.0. The summed E-state index contributed by atoms with van der Waals surface area (Å²) in [5, 5.41) is 7.06. The van der Waals surface area contributed by atoms with E-state index in [2.05, 4.69) is 16.5 Å². The first-order valence-corrected chi connectivity index (χ1v) is 7.68. The maximum atomic E-state index is 13.0. The molecule has 0 radical (unpaired) electrons. The lowest BCUT2D eigenvalue weighted by Crippen LogP contribution is -2.22. The number of halogens is 1. The lowest BCUT2D eigenvalue weighted by molar-refractivity contribution is 0.0951. The van der Waals surface area contributed by atoms with Gasteiger partial charge in [-0.15, -0.1) is 0 Å². The topological polar surface area (TPSA) is 46.9 Å². The van der Waals surface area contributed by atoms with Gasteiger partial charge in [0, 0.05) is 12.7 Å². The Hall–Kier alpha value is -2.95. The Labute approximate surface area is 139 Å². The summed E-state index contributed by atoms with van der Waals surface area (Å²) >= 11 is 0. The lowest BCUT2D eigenvalue weighted by Gasteiger charge is -2.08. The van der Waals surface area contributed by atoms with Gasteiger partial charge >= 0.3 is 0 Å². The summed E-state index contributed by atoms with van der Waals surface area (Å²) in [5.41, 5.74) is 4.56. The molecule has 5 heteroatoms. The highest BCUT2D eigenvalue weighted by atomic mass is 19.1. The van der Waals surface area contributed by atoms with E-state index in [1.165, 1.54) is 18.3 Å². The molecular weight excluding hydrogens is 305 g/mol. The number of rotatable bonds is 4. The number of carbonyl (C=O) groups excluding carboxylic acids is 1. The molecule has 0 saturated carbocycles. The van der Waals surface area contributed by atoms with Crippen molar-refractivity contribution in [2.45, 2.75) is 20.4 Å². The molecule has 0 aliphatic rings. The van der Waals surface area contributed by atoms with Crippen LogP contribution in [0.3, 0.4) is 0 Å². The molecule has 0 saturated heterocycles. The van der Waals surface area contributed by atoms with Crippen LogP contribution in [-0.2, 0) is 6.54 Å². The van der Waals surface area contributed by atoms with Crippen molar-refractivity contribution in [3.05, 3.63) is 82.9 Å². The van der Waals surface area contributed by atoms with Gasteiger partial charge in [-0.3, -0.25) is 4.79 Å². The van der Waals surface area contributed by atoms with E-state index in [4.69, 9.17) is 0 Å². The van der Waals surface area contributed by atoms with Crippen LogP contribution in [-0.4, -0.2) is 15.7 Å². The highest BCUT2D eigenvalue weighted by Crippen LogP contribution is 2.12. The molecule has 3 aromatic rings. The lowest BCUT2D eigenvalue weighted by atomic mass is 10.1. The highest BCUT2D eigenvalue weighted by molar-refractivity contribution is 5.93. The molecule has 0 fully saturated rings. The summed E-state index contributed by atoms with van der Waals surface area (Å²) in [6.45, 7) is 4.51. The van der Waals surface area contributed by atoms with Crippen molar-refractivity contribution in [2.75, 3.05) is 0 Å². The van der Waals surface area contributed by atoms with Crippen LogP contribution in [0.2, 0.25) is 0 Å². The summed E-state index contributed by atoms with van der Waals surface area (Å²) in [6.07, 6.45) is 3.13. The van der Waals surface area contributed by atoms with E-state index < -0.39 is 0 Å². The molecule has 24 heavy (non-hydrogen) atoms. The fourth-order valence-electron chi connectivity index (χ4n) is 2.44. The van der Waals surface area contributed by atoms with Gasteiger partial charge in [-0.05, 0) is 49.2 Å². The molecule has 1 N–H and O–H groups in total. The van der Waals surface area contributed by atoms with Crippen molar-refractivity contribution >= 4 is 5.91 Å². The van der Waals surface area contributed by atoms with E-state index in [1.807, 2.05) is 26.0 Å². The average molecular weight is 323 g/mol. The number of carbonyl (C=O) groups is 1. The highest BCUT2D eigenvalue weighted by Gasteiger charge is 2.10. The Morgan fingerprint density at radius 2 is 1.92 bits per heavy atom. The number of hydrogen-bond acceptors (Lipinski definition) is 2. The van der Waals surface area contributed by atoms with E-state index >= 15 is 0 Å². The standard InChI is InChI=1S/C19H18FN3O/c1-13-3-4-14(2)15(9-13)10-21-19(24)16-11-22-23(12-16)18-7-5-17(20)6-8-18/h3-9,11-12H,10H2,1-2H3,(H,21,24). The van der Waals surface area contributed by atoms with Gasteiger partial charge in [-0.25, -0.2) is 9.07 Å². The second-order valence-electron chi connectivity index (χ2n) is 5.76. The maximum Gasteiger partial charge on any atom is 0.254 e. The Morgan fingerprint density at radius 1 is 1.17 bits per heavy atom. The smallest absolute Gasteiger partial charge is 0.254 e. The number of hydrogen-bond donors (Lipinski definition) is 1. The molecule has 3 rings (SSSR count). The van der Waals surface area contributed by atoms with Gasteiger partial charge in [0.05, 0.1) is 17.4 Å². The molecule has 0 aliphatic heterocycles. The molecule has 1 heterocycles. The Kier molecular flexibility index (Phi) is 4.42. The first-order chi connectivity index (χ1) is 11.5. The predicted octanol–water partition coefficient (Wildman–Crippen LogP) is 3.56. The molecule has 4 nitrogen and oxygen atoms in total. The molecule has 0 spiro atoms. The minimum atomic E-state index is -0.308. The summed E-state index contributed by atoms with van der Waals surface area (Å²) in [4.78, 5) is 12.3. The van der Waals surface area contributed by atoms with Crippen LogP contribution in [0.4, 0.5) is 4.39 Å². The zero-order chi connectivity index (χ0) is 17.1. The Bertz CT molecular complexity index is 869. The van der Waals surface area contributed by atoms with Gasteiger partial charge in [-0.1, -0.05) is 23.8 Å². The van der Waals surface area contributed by atoms with Crippen LogP contribution in [0, 0.1) is 19.7 Å². The monoisotopic (exact) mass is 323 g/mol. The number of aromatic nitrogens is 2. The normalized spacial score (nSPS) is 10.6. The van der Waals surface area contributed by atoms with Gasteiger partial charge < -0.3 is 5.32 Å². The average Bonchev–Trinajstić information content (AvgIpc) is 3.06. The summed E-state index contributed by atoms with van der Waals surface area (Å²) in [6, 6.07) is 12.1. The van der Waals surface area contributed by atoms with Gasteiger partial charge in [0.15, 0.2) is 0 Å². The summed E-state index contributed by atoms with van der Waals surface area (Å²) in [5.74, 6) is -0.498. The van der Waals surface area contributed by atoms with Crippen LogP contribution in [0.25, 0.3) is 5.69 Å². The first kappa shape index (κ1) is 15.9. The molecule has 0 bridgehead atoms. The van der Waals surface area contributed by atoms with Crippen molar-refractivity contribution in [2.24, 2.45) is 0 Å². The summed E-state index contributed by atoms with van der Waals surface area (Å²) in [7, 11) is 0. The minimum absolute atomic E-state index is 0.190. The van der Waals surface area contributed by atoms with Crippen LogP contribution in [0.5, 0.6) is 0 Å². The van der Waals surface area contributed by atoms with E-state index in [0.717, 1.165) is 16.7 Å². The number of amides is 1. The minimum Gasteiger partial charge on any atom is -0.348 e. The summed E-state index contributed by atoms with van der Waals surface area (Å²) < 4.78 is 14.5. The molecule has 0 aliphatic carbocycles. The van der Waals surface area contributed by atoms with Gasteiger partial charge in [0.1, 0.15) is 5.82 Å². The quantitative estimate of drug-likeness (QED) is 0.798. The van der Waals surface area contributed by atoms with Gasteiger partial charge in [-0.2, -0.15) is 5.10 Å². The fourth-order valence-corrected chi connectivity index (χ4v) is 2.44. The van der Waals surface area contributed by atoms with Gasteiger partial charge in [0.25, 0.3) is 5.91 Å². The molecule has 122 valence electrons. The van der Waals surface area contributed by atoms with Crippen molar-refractivity contribution in [3.8, 4) is 5.69 Å². The first-order valence-electron chi connectivity index (χ1n) is 7.68. The third-order valence-electron chi connectivity index (χ3n) is 3.88. The molecule has 1 aromatic heterocycles. The predicted molar refractivity (Wildman–Crippen MR) is 90.6 cm³/mol. The number of aryl methyl sites for hydroxylation is 2. The van der Waals surface area contributed by atoms with Crippen LogP contribution >= 0.6 is 0 Å². The van der Waals surface area contributed by atoms with Crippen LogP contribution < -0.4 is 5.32 Å². The SMILES string of the molecule is Cc1ccc(C)c(CNC(=O)c2cnn(-c3ccc(F)cc3)c2)c1. The molecule has 2 aromatic carbocycles. The molecular formula is C19H18FN3O. The van der Waals surface area contributed by atoms with Crippen LogP contribution in [0.1, 0.15) is 27.0 Å². The molecule has 1 amide bonds. The second-order valence-corrected chi connectivity index (χ2v) is 5.76. The van der Waals surface area contributed by atoms with E-state index in [0.29, 0.717) is 17.8 Å². The number of nitrogens with one attached hydrogen (secondary N) is 1. The van der Waals surface area contributed by atoms with E-state index in [-0.39, 0.29) is 11.7 Å². The third kappa shape index (κ3) is 3.51. The zero-order valence-corrected chi connectivity index (χ0v) is 13.6. The van der Waals surface area contributed by atoms with Crippen molar-refractivity contribution in [1.82, 2.24) is 15.1 Å². The van der Waals surface area contributed by atoms with Gasteiger partial charge in [0.2, 0.25) is 0 Å². The number of nitrogens with zero attached hydrogens (tertiary/aromatic N) is 2. The Balaban J connectivity index is 1.70. The second kappa shape index (κ2) is 6.66. The fraction of sp³-hybridized carbons (Fsp3) is 0.158. The van der Waals surface area contributed by atoms with E-state index in [9.17, 15) is 9.18 Å².